The van der Waals surface area contributed by atoms with Gasteiger partial charge in [-0.15, -0.1) is 13.2 Å². The van der Waals surface area contributed by atoms with Crippen LogP contribution in [0.1, 0.15) is 37.7 Å². The number of nitrogens with one attached hydrogen (secondary N) is 1. The Bertz CT molecular complexity index is 1470. The van der Waals surface area contributed by atoms with Gasteiger partial charge in [0.25, 0.3) is 5.56 Å². The molecule has 1 amide bonds. The molecule has 1 atom stereocenters. The zero-order valence-corrected chi connectivity index (χ0v) is 20.7. The number of hydrogen-bond donors (Lipinski definition) is 1. The molecule has 1 N–H and O–H groups in total. The minimum Gasteiger partial charge on any atom is -0.494 e. The zero-order chi connectivity index (χ0) is 27.3. The maximum Gasteiger partial charge on any atom is 0.573 e. The van der Waals surface area contributed by atoms with Crippen molar-refractivity contribution in [3.63, 3.8) is 0 Å². The first-order chi connectivity index (χ1) is 18.2. The molecule has 0 aliphatic rings. The van der Waals surface area contributed by atoms with E-state index in [9.17, 15) is 22.8 Å². The predicted molar refractivity (Wildman–Crippen MR) is 134 cm³/mol. The van der Waals surface area contributed by atoms with Crippen LogP contribution in [0.3, 0.4) is 0 Å². The highest BCUT2D eigenvalue weighted by atomic mass is 19.4. The Labute approximate surface area is 216 Å². The molecule has 1 unspecified atom stereocenters. The first-order valence-electron chi connectivity index (χ1n) is 11.9. The predicted octanol–water partition coefficient (Wildman–Crippen LogP) is 4.89. The van der Waals surface area contributed by atoms with Gasteiger partial charge in [0.2, 0.25) is 5.91 Å². The molecule has 11 heteroatoms. The minimum absolute atomic E-state index is 0.0953. The molecule has 0 bridgehead atoms. The van der Waals surface area contributed by atoms with E-state index >= 15 is 0 Å². The smallest absolute Gasteiger partial charge is 0.494 e. The zero-order valence-electron chi connectivity index (χ0n) is 20.7. The third-order valence-corrected chi connectivity index (χ3v) is 5.65. The molecule has 0 saturated carbocycles. The maximum atomic E-state index is 13.5. The standard InChI is InChI=1S/C27H25F3N4O4/c1-3-22(32-23(35)16-17-7-11-20(12-8-17)38-27(28,29)30)25-33-24-21(6-5-15-31-24)26(36)34(25)18-9-13-19(14-10-18)37-4-2/h5-15,22H,3-4,16H2,1-2H3,(H,32,35). The topological polar surface area (TPSA) is 95.3 Å². The Hall–Kier alpha value is -4.41. The lowest BCUT2D eigenvalue weighted by molar-refractivity contribution is -0.274. The number of carbonyl (C=O) groups excluding carboxylic acids is 1. The van der Waals surface area contributed by atoms with Gasteiger partial charge in [-0.2, -0.15) is 0 Å². The van der Waals surface area contributed by atoms with Crippen LogP contribution in [-0.2, 0) is 11.2 Å². The number of aromatic nitrogens is 3. The maximum absolute atomic E-state index is 13.5. The van der Waals surface area contributed by atoms with Crippen molar-refractivity contribution >= 4 is 16.9 Å². The van der Waals surface area contributed by atoms with E-state index in [0.29, 0.717) is 41.2 Å². The van der Waals surface area contributed by atoms with Crippen LogP contribution in [0.5, 0.6) is 11.5 Å². The molecule has 2 aromatic carbocycles. The van der Waals surface area contributed by atoms with Gasteiger partial charge in [-0.3, -0.25) is 14.2 Å². The van der Waals surface area contributed by atoms with Crippen molar-refractivity contribution in [2.24, 2.45) is 0 Å². The average molecular weight is 527 g/mol. The first-order valence-corrected chi connectivity index (χ1v) is 11.9. The first kappa shape index (κ1) is 26.6. The molecule has 4 aromatic rings. The quantitative estimate of drug-likeness (QED) is 0.334. The summed E-state index contributed by atoms with van der Waals surface area (Å²) in [5, 5.41) is 3.22. The molecule has 0 radical (unpaired) electrons. The van der Waals surface area contributed by atoms with Crippen LogP contribution in [0.15, 0.2) is 71.7 Å². The second-order valence-electron chi connectivity index (χ2n) is 8.31. The Morgan fingerprint density at radius 3 is 2.34 bits per heavy atom. The Morgan fingerprint density at radius 1 is 1.03 bits per heavy atom. The van der Waals surface area contributed by atoms with Gasteiger partial charge in [-0.1, -0.05) is 19.1 Å². The van der Waals surface area contributed by atoms with E-state index in [0.717, 1.165) is 12.1 Å². The summed E-state index contributed by atoms with van der Waals surface area (Å²) in [5.74, 6) is 0.179. The van der Waals surface area contributed by atoms with Crippen molar-refractivity contribution in [1.29, 1.82) is 0 Å². The number of carbonyl (C=O) groups is 1. The number of halogens is 3. The van der Waals surface area contributed by atoms with Crippen molar-refractivity contribution in [3.05, 3.63) is 88.6 Å². The highest BCUT2D eigenvalue weighted by Gasteiger charge is 2.31. The highest BCUT2D eigenvalue weighted by Crippen LogP contribution is 2.24. The summed E-state index contributed by atoms with van der Waals surface area (Å²) < 4.78 is 48.0. The molecular weight excluding hydrogens is 501 g/mol. The van der Waals surface area contributed by atoms with Gasteiger partial charge in [0, 0.05) is 6.20 Å². The molecular formula is C27H25F3N4O4. The monoisotopic (exact) mass is 526 g/mol. The van der Waals surface area contributed by atoms with Crippen molar-refractivity contribution in [1.82, 2.24) is 19.9 Å². The minimum atomic E-state index is -4.80. The molecule has 4 rings (SSSR count). The van der Waals surface area contributed by atoms with E-state index in [2.05, 4.69) is 20.0 Å². The molecule has 0 aliphatic carbocycles. The number of hydrogen-bond acceptors (Lipinski definition) is 6. The van der Waals surface area contributed by atoms with E-state index in [-0.39, 0.29) is 23.4 Å². The van der Waals surface area contributed by atoms with Crippen LogP contribution in [0.2, 0.25) is 0 Å². The number of rotatable bonds is 9. The molecule has 0 saturated heterocycles. The van der Waals surface area contributed by atoms with Crippen LogP contribution in [0.25, 0.3) is 16.7 Å². The van der Waals surface area contributed by atoms with Crippen LogP contribution < -0.4 is 20.3 Å². The van der Waals surface area contributed by atoms with Gasteiger partial charge in [0.15, 0.2) is 5.65 Å². The molecule has 8 nitrogen and oxygen atoms in total. The summed E-state index contributed by atoms with van der Waals surface area (Å²) >= 11 is 0. The molecule has 2 aromatic heterocycles. The number of ether oxygens (including phenoxy) is 2. The molecule has 198 valence electrons. The van der Waals surface area contributed by atoms with Crippen molar-refractivity contribution in [2.75, 3.05) is 6.61 Å². The lowest BCUT2D eigenvalue weighted by Crippen LogP contribution is -2.35. The van der Waals surface area contributed by atoms with Gasteiger partial charge in [-0.05, 0) is 67.4 Å². The Balaban J connectivity index is 1.64. The van der Waals surface area contributed by atoms with E-state index in [1.807, 2.05) is 13.8 Å². The Morgan fingerprint density at radius 2 is 1.71 bits per heavy atom. The average Bonchev–Trinajstić information content (AvgIpc) is 2.88. The van der Waals surface area contributed by atoms with Gasteiger partial charge in [-0.25, -0.2) is 9.97 Å². The fourth-order valence-corrected chi connectivity index (χ4v) is 3.97. The van der Waals surface area contributed by atoms with Crippen LogP contribution in [0, 0.1) is 0 Å². The molecule has 38 heavy (non-hydrogen) atoms. The number of alkyl halides is 3. The fraction of sp³-hybridized carbons (Fsp3) is 0.259. The lowest BCUT2D eigenvalue weighted by atomic mass is 10.1. The van der Waals surface area contributed by atoms with Gasteiger partial charge >= 0.3 is 6.36 Å². The molecule has 0 spiro atoms. The summed E-state index contributed by atoms with van der Waals surface area (Å²) in [6.07, 6.45) is -2.95. The number of pyridine rings is 1. The number of benzene rings is 2. The van der Waals surface area contributed by atoms with Crippen molar-refractivity contribution in [3.8, 4) is 17.2 Å². The van der Waals surface area contributed by atoms with Crippen LogP contribution in [0.4, 0.5) is 13.2 Å². The summed E-state index contributed by atoms with van der Waals surface area (Å²) in [6, 6.07) is 14.7. The molecule has 0 fully saturated rings. The van der Waals surface area contributed by atoms with Gasteiger partial charge < -0.3 is 14.8 Å². The van der Waals surface area contributed by atoms with Crippen LogP contribution in [-0.4, -0.2) is 33.4 Å². The fourth-order valence-electron chi connectivity index (χ4n) is 3.97. The molecule has 2 heterocycles. The lowest BCUT2D eigenvalue weighted by Gasteiger charge is -2.21. The van der Waals surface area contributed by atoms with Crippen LogP contribution >= 0.6 is 0 Å². The number of fused-ring (bicyclic) bond motifs is 1. The van der Waals surface area contributed by atoms with Crippen molar-refractivity contribution < 1.29 is 27.4 Å². The summed E-state index contributed by atoms with van der Waals surface area (Å²) in [5.41, 5.74) is 0.946. The highest BCUT2D eigenvalue weighted by molar-refractivity contribution is 5.79. The largest absolute Gasteiger partial charge is 0.573 e. The second kappa shape index (κ2) is 11.3. The number of nitrogens with zero attached hydrogens (tertiary/aromatic N) is 3. The van der Waals surface area contributed by atoms with E-state index < -0.39 is 18.3 Å². The summed E-state index contributed by atoms with van der Waals surface area (Å²) in [7, 11) is 0. The second-order valence-corrected chi connectivity index (χ2v) is 8.31. The summed E-state index contributed by atoms with van der Waals surface area (Å²) in [4.78, 5) is 35.3. The molecule has 0 aliphatic heterocycles. The van der Waals surface area contributed by atoms with Crippen molar-refractivity contribution in [2.45, 2.75) is 39.1 Å². The van der Waals surface area contributed by atoms with Gasteiger partial charge in [0.1, 0.15) is 17.3 Å². The van der Waals surface area contributed by atoms with E-state index in [1.54, 1.807) is 36.4 Å². The SMILES string of the molecule is CCOc1ccc(-n2c(C(CC)NC(=O)Cc3ccc(OC(F)(F)F)cc3)nc3ncccc3c2=O)cc1. The third-order valence-electron chi connectivity index (χ3n) is 5.65. The summed E-state index contributed by atoms with van der Waals surface area (Å²) in [6.45, 7) is 4.21. The normalized spacial score (nSPS) is 12.2. The van der Waals surface area contributed by atoms with Gasteiger partial charge in [0.05, 0.1) is 30.1 Å². The van der Waals surface area contributed by atoms with E-state index in [1.165, 1.54) is 22.9 Å². The third kappa shape index (κ3) is 6.28. The Kier molecular flexibility index (Phi) is 7.94. The van der Waals surface area contributed by atoms with E-state index in [4.69, 9.17) is 4.74 Å². The number of amides is 1.